The molecule has 108 valence electrons. The van der Waals surface area contributed by atoms with Crippen molar-refractivity contribution in [2.75, 3.05) is 0 Å². The molecule has 1 aliphatic rings. The number of carbonyl (C=O) groups excluding carboxylic acids is 1. The maximum atomic E-state index is 13.0. The lowest BCUT2D eigenvalue weighted by Gasteiger charge is -2.25. The summed E-state index contributed by atoms with van der Waals surface area (Å²) in [6.45, 7) is 0.269. The number of nitrogens with one attached hydrogen (secondary N) is 1. The maximum absolute atomic E-state index is 13.0. The largest absolute Gasteiger partial charge is 0.481 e. The van der Waals surface area contributed by atoms with Crippen molar-refractivity contribution in [2.24, 2.45) is 11.8 Å². The van der Waals surface area contributed by atoms with E-state index in [0.29, 0.717) is 18.4 Å². The van der Waals surface area contributed by atoms with Crippen LogP contribution in [0.1, 0.15) is 31.2 Å². The number of aliphatic carboxylic acids is 1. The number of benzene rings is 1. The summed E-state index contributed by atoms with van der Waals surface area (Å²) in [7, 11) is 0. The quantitative estimate of drug-likeness (QED) is 0.889. The van der Waals surface area contributed by atoms with Gasteiger partial charge in [-0.25, -0.2) is 4.39 Å². The Morgan fingerprint density at radius 1 is 1.30 bits per heavy atom. The first-order valence-corrected chi connectivity index (χ1v) is 6.81. The van der Waals surface area contributed by atoms with Crippen molar-refractivity contribution in [3.05, 3.63) is 35.6 Å². The minimum atomic E-state index is -0.826. The molecule has 1 fully saturated rings. The fourth-order valence-corrected chi connectivity index (χ4v) is 2.63. The monoisotopic (exact) mass is 279 g/mol. The second-order valence-corrected chi connectivity index (χ2v) is 5.25. The summed E-state index contributed by atoms with van der Waals surface area (Å²) in [4.78, 5) is 23.0. The van der Waals surface area contributed by atoms with E-state index in [9.17, 15) is 14.0 Å². The number of rotatable bonds is 4. The number of hydrogen-bond acceptors (Lipinski definition) is 2. The van der Waals surface area contributed by atoms with Crippen LogP contribution in [-0.4, -0.2) is 17.0 Å². The number of amides is 1. The van der Waals surface area contributed by atoms with Gasteiger partial charge in [0.25, 0.3) is 0 Å². The first-order valence-electron chi connectivity index (χ1n) is 6.81. The van der Waals surface area contributed by atoms with Gasteiger partial charge in [-0.2, -0.15) is 0 Å². The van der Waals surface area contributed by atoms with Gasteiger partial charge in [-0.15, -0.1) is 0 Å². The molecule has 5 heteroatoms. The zero-order chi connectivity index (χ0) is 14.5. The minimum Gasteiger partial charge on any atom is -0.481 e. The van der Waals surface area contributed by atoms with E-state index in [-0.39, 0.29) is 24.2 Å². The van der Waals surface area contributed by atoms with Crippen LogP contribution in [0.4, 0.5) is 4.39 Å². The van der Waals surface area contributed by atoms with E-state index in [1.54, 1.807) is 12.1 Å². The summed E-state index contributed by atoms with van der Waals surface area (Å²) in [6.07, 6.45) is 2.51. The van der Waals surface area contributed by atoms with Crippen molar-refractivity contribution >= 4 is 11.9 Å². The molecular weight excluding hydrogens is 261 g/mol. The molecule has 4 nitrogen and oxygen atoms in total. The van der Waals surface area contributed by atoms with Gasteiger partial charge in [0, 0.05) is 12.5 Å². The molecule has 0 aromatic heterocycles. The molecule has 1 aromatic carbocycles. The second kappa shape index (κ2) is 6.50. The van der Waals surface area contributed by atoms with Crippen molar-refractivity contribution in [1.82, 2.24) is 5.32 Å². The lowest BCUT2D eigenvalue weighted by Crippen LogP contribution is -2.35. The van der Waals surface area contributed by atoms with E-state index in [2.05, 4.69) is 5.32 Å². The standard InChI is InChI=1S/C15H18FNO3/c16-13-6-1-3-10(7-13)9-17-14(18)11-4-2-5-12(8-11)15(19)20/h1,3,6-7,11-12H,2,4-5,8-9H2,(H,17,18)(H,19,20)/t11-,12+/m1/s1. The van der Waals surface area contributed by atoms with Gasteiger partial charge in [0.05, 0.1) is 5.92 Å². The fraction of sp³-hybridized carbons (Fsp3) is 0.467. The van der Waals surface area contributed by atoms with E-state index >= 15 is 0 Å². The third-order valence-electron chi connectivity index (χ3n) is 3.75. The van der Waals surface area contributed by atoms with Gasteiger partial charge in [0.2, 0.25) is 5.91 Å². The Bertz CT molecular complexity index is 504. The smallest absolute Gasteiger partial charge is 0.306 e. The first-order chi connectivity index (χ1) is 9.56. The molecule has 2 rings (SSSR count). The Labute approximate surface area is 117 Å². The van der Waals surface area contributed by atoms with Crippen molar-refractivity contribution < 1.29 is 19.1 Å². The van der Waals surface area contributed by atoms with Gasteiger partial charge in [-0.3, -0.25) is 9.59 Å². The van der Waals surface area contributed by atoms with Gasteiger partial charge in [-0.05, 0) is 37.0 Å². The highest BCUT2D eigenvalue weighted by atomic mass is 19.1. The number of halogens is 1. The third-order valence-corrected chi connectivity index (χ3v) is 3.75. The summed E-state index contributed by atoms with van der Waals surface area (Å²) in [5.74, 6) is -1.97. The molecule has 0 unspecified atom stereocenters. The summed E-state index contributed by atoms with van der Waals surface area (Å²) >= 11 is 0. The van der Waals surface area contributed by atoms with E-state index in [4.69, 9.17) is 5.11 Å². The molecule has 0 heterocycles. The summed E-state index contributed by atoms with van der Waals surface area (Å²) < 4.78 is 13.0. The van der Waals surface area contributed by atoms with Gasteiger partial charge in [-0.1, -0.05) is 18.6 Å². The Kier molecular flexibility index (Phi) is 4.71. The molecule has 20 heavy (non-hydrogen) atoms. The van der Waals surface area contributed by atoms with E-state index < -0.39 is 11.9 Å². The maximum Gasteiger partial charge on any atom is 0.306 e. The molecule has 1 aliphatic carbocycles. The highest BCUT2D eigenvalue weighted by molar-refractivity contribution is 5.80. The third kappa shape index (κ3) is 3.79. The summed E-state index contributed by atoms with van der Waals surface area (Å²) in [5, 5.41) is 11.8. The highest BCUT2D eigenvalue weighted by Crippen LogP contribution is 2.29. The van der Waals surface area contributed by atoms with E-state index in [1.807, 2.05) is 0 Å². The zero-order valence-corrected chi connectivity index (χ0v) is 11.1. The molecule has 1 saturated carbocycles. The Morgan fingerprint density at radius 3 is 2.75 bits per heavy atom. The first kappa shape index (κ1) is 14.5. The molecule has 1 amide bonds. The SMILES string of the molecule is O=C(O)[C@H]1CCC[C@@H](C(=O)NCc2cccc(F)c2)C1. The number of hydrogen-bond donors (Lipinski definition) is 2. The van der Waals surface area contributed by atoms with Gasteiger partial charge >= 0.3 is 5.97 Å². The number of carboxylic acids is 1. The molecule has 0 spiro atoms. The molecule has 0 aliphatic heterocycles. The van der Waals surface area contributed by atoms with Crippen LogP contribution in [0.15, 0.2) is 24.3 Å². The van der Waals surface area contributed by atoms with Crippen LogP contribution in [0.3, 0.4) is 0 Å². The number of carbonyl (C=O) groups is 2. The van der Waals surface area contributed by atoms with Crippen LogP contribution in [-0.2, 0) is 16.1 Å². The van der Waals surface area contributed by atoms with Crippen LogP contribution in [0, 0.1) is 17.7 Å². The predicted octanol–water partition coefficient (Wildman–Crippen LogP) is 2.33. The molecule has 0 bridgehead atoms. The van der Waals surface area contributed by atoms with Gasteiger partial charge in [0.15, 0.2) is 0 Å². The molecule has 0 saturated heterocycles. The Balaban J connectivity index is 1.87. The summed E-state index contributed by atoms with van der Waals surface area (Å²) in [5.41, 5.74) is 0.698. The Hall–Kier alpha value is -1.91. The highest BCUT2D eigenvalue weighted by Gasteiger charge is 2.30. The molecule has 0 radical (unpaired) electrons. The predicted molar refractivity (Wildman–Crippen MR) is 71.3 cm³/mol. The van der Waals surface area contributed by atoms with E-state index in [1.165, 1.54) is 12.1 Å². The van der Waals surface area contributed by atoms with Crippen LogP contribution in [0.25, 0.3) is 0 Å². The van der Waals surface area contributed by atoms with Crippen molar-refractivity contribution in [3.63, 3.8) is 0 Å². The summed E-state index contributed by atoms with van der Waals surface area (Å²) in [6, 6.07) is 6.06. The lowest BCUT2D eigenvalue weighted by molar-refractivity contribution is -0.144. The van der Waals surface area contributed by atoms with Crippen molar-refractivity contribution in [3.8, 4) is 0 Å². The number of carboxylic acid groups (broad SMARTS) is 1. The van der Waals surface area contributed by atoms with Crippen LogP contribution < -0.4 is 5.32 Å². The second-order valence-electron chi connectivity index (χ2n) is 5.25. The molecule has 2 atom stereocenters. The van der Waals surface area contributed by atoms with Crippen LogP contribution in [0.2, 0.25) is 0 Å². The van der Waals surface area contributed by atoms with Gasteiger partial charge < -0.3 is 10.4 Å². The van der Waals surface area contributed by atoms with Crippen molar-refractivity contribution in [1.29, 1.82) is 0 Å². The van der Waals surface area contributed by atoms with E-state index in [0.717, 1.165) is 12.8 Å². The van der Waals surface area contributed by atoms with Gasteiger partial charge in [0.1, 0.15) is 5.82 Å². The van der Waals surface area contributed by atoms with Crippen LogP contribution >= 0.6 is 0 Å². The average Bonchev–Trinajstić information content (AvgIpc) is 2.45. The molecular formula is C15H18FNO3. The lowest BCUT2D eigenvalue weighted by atomic mass is 9.81. The molecule has 2 N–H and O–H groups in total. The van der Waals surface area contributed by atoms with Crippen LogP contribution in [0.5, 0.6) is 0 Å². The minimum absolute atomic E-state index is 0.139. The fourth-order valence-electron chi connectivity index (χ4n) is 2.63. The molecule has 1 aromatic rings. The Morgan fingerprint density at radius 2 is 2.05 bits per heavy atom. The average molecular weight is 279 g/mol. The van der Waals surface area contributed by atoms with Crippen molar-refractivity contribution in [2.45, 2.75) is 32.2 Å². The topological polar surface area (TPSA) is 66.4 Å². The zero-order valence-electron chi connectivity index (χ0n) is 11.1. The normalized spacial score (nSPS) is 22.2.